The van der Waals surface area contributed by atoms with Crippen molar-refractivity contribution in [3.05, 3.63) is 24.8 Å². The first kappa shape index (κ1) is 7.59. The molecule has 0 bridgehead atoms. The topological polar surface area (TPSA) is 15.3 Å². The van der Waals surface area contributed by atoms with E-state index in [-0.39, 0.29) is 0 Å². The van der Waals surface area contributed by atoms with E-state index >= 15 is 0 Å². The van der Waals surface area contributed by atoms with E-state index < -0.39 is 0 Å². The summed E-state index contributed by atoms with van der Waals surface area (Å²) in [4.78, 5) is 0. The first-order valence-electron chi connectivity index (χ1n) is 2.19. The van der Waals surface area contributed by atoms with Crippen LogP contribution in [0.4, 0.5) is 0 Å². The molecule has 0 radical (unpaired) electrons. The molecule has 0 rings (SSSR count). The number of hydrogen-bond acceptors (Lipinski definition) is 3. The molecule has 2 nitrogen and oxygen atoms in total. The molecule has 0 fully saturated rings. The number of hydrazine groups is 1. The molecule has 0 aliphatic heterocycles. The molecule has 3 heteroatoms. The van der Waals surface area contributed by atoms with Crippen molar-refractivity contribution >= 4 is 11.9 Å². The molecule has 0 aromatic rings. The monoisotopic (exact) mass is 130 g/mol. The lowest BCUT2D eigenvalue weighted by atomic mass is 11.1. The molecule has 8 heavy (non-hydrogen) atoms. The molecular weight excluding hydrogens is 120 g/mol. The SMILES string of the molecule is C=CNN(C)SC=C. The Labute approximate surface area is 54.4 Å². The number of nitrogens with one attached hydrogen (secondary N) is 1. The minimum absolute atomic E-state index is 1.47. The van der Waals surface area contributed by atoms with Gasteiger partial charge >= 0.3 is 0 Å². The van der Waals surface area contributed by atoms with Crippen LogP contribution in [0.25, 0.3) is 0 Å². The van der Waals surface area contributed by atoms with Crippen LogP contribution in [0.2, 0.25) is 0 Å². The first-order valence-corrected chi connectivity index (χ1v) is 3.03. The molecule has 0 atom stereocenters. The molecule has 0 saturated heterocycles. The van der Waals surface area contributed by atoms with E-state index in [0.717, 1.165) is 0 Å². The summed E-state index contributed by atoms with van der Waals surface area (Å²) >= 11 is 1.47. The predicted octanol–water partition coefficient (Wildman–Crippen LogP) is 1.36. The van der Waals surface area contributed by atoms with Gasteiger partial charge in [-0.2, -0.15) is 4.41 Å². The number of rotatable bonds is 4. The highest BCUT2D eigenvalue weighted by molar-refractivity contribution is 7.99. The van der Waals surface area contributed by atoms with Crippen LogP contribution in [-0.4, -0.2) is 11.5 Å². The lowest BCUT2D eigenvalue weighted by Gasteiger charge is -2.10. The highest BCUT2D eigenvalue weighted by Gasteiger charge is 1.84. The Morgan fingerprint density at radius 1 is 1.62 bits per heavy atom. The lowest BCUT2D eigenvalue weighted by molar-refractivity contribution is 0.495. The van der Waals surface area contributed by atoms with Gasteiger partial charge < -0.3 is 5.43 Å². The van der Waals surface area contributed by atoms with Crippen LogP contribution in [0.3, 0.4) is 0 Å². The smallest absolute Gasteiger partial charge is 0.0183 e. The van der Waals surface area contributed by atoms with E-state index in [1.165, 1.54) is 11.9 Å². The first-order chi connectivity index (χ1) is 3.81. The Balaban J connectivity index is 3.16. The van der Waals surface area contributed by atoms with Crippen molar-refractivity contribution in [3.63, 3.8) is 0 Å². The lowest BCUT2D eigenvalue weighted by Crippen LogP contribution is -2.21. The second-order valence-corrected chi connectivity index (χ2v) is 2.19. The van der Waals surface area contributed by atoms with Crippen LogP contribution in [-0.2, 0) is 0 Å². The van der Waals surface area contributed by atoms with Gasteiger partial charge in [-0.3, -0.25) is 0 Å². The second-order valence-electron chi connectivity index (χ2n) is 1.10. The molecule has 0 saturated carbocycles. The van der Waals surface area contributed by atoms with Gasteiger partial charge in [0.05, 0.1) is 0 Å². The minimum atomic E-state index is 1.47. The van der Waals surface area contributed by atoms with Crippen LogP contribution >= 0.6 is 11.9 Å². The normalized spacial score (nSPS) is 8.75. The average Bonchev–Trinajstić information content (AvgIpc) is 1.68. The van der Waals surface area contributed by atoms with E-state index in [9.17, 15) is 0 Å². The van der Waals surface area contributed by atoms with Gasteiger partial charge in [-0.1, -0.05) is 13.2 Å². The fraction of sp³-hybridized carbons (Fsp3) is 0.200. The molecule has 0 aromatic heterocycles. The molecule has 46 valence electrons. The fourth-order valence-corrected chi connectivity index (χ4v) is 0.630. The number of hydrogen-bond donors (Lipinski definition) is 1. The van der Waals surface area contributed by atoms with Crippen LogP contribution < -0.4 is 5.43 Å². The summed E-state index contributed by atoms with van der Waals surface area (Å²) in [5, 5.41) is 1.73. The zero-order chi connectivity index (χ0) is 6.41. The van der Waals surface area contributed by atoms with Crippen LogP contribution in [0.15, 0.2) is 24.8 Å². The van der Waals surface area contributed by atoms with Gasteiger partial charge in [-0.25, -0.2) is 0 Å². The Bertz CT molecular complexity index is 72.5. The summed E-state index contributed by atoms with van der Waals surface area (Å²) in [7, 11) is 1.88. The highest BCUT2D eigenvalue weighted by Crippen LogP contribution is 2.01. The molecule has 0 aromatic carbocycles. The Morgan fingerprint density at radius 3 is 2.62 bits per heavy atom. The van der Waals surface area contributed by atoms with Gasteiger partial charge in [-0.05, 0) is 17.4 Å². The van der Waals surface area contributed by atoms with Crippen molar-refractivity contribution in [3.8, 4) is 0 Å². The standard InChI is InChI=1S/C5H10N2S/c1-4-6-7(3)8-5-2/h4-6H,1-2H2,3H3. The van der Waals surface area contributed by atoms with Crippen LogP contribution in [0.5, 0.6) is 0 Å². The highest BCUT2D eigenvalue weighted by atomic mass is 32.2. The maximum Gasteiger partial charge on any atom is 0.0183 e. The van der Waals surface area contributed by atoms with Gasteiger partial charge in [0, 0.05) is 13.2 Å². The molecule has 0 heterocycles. The molecule has 0 aliphatic rings. The largest absolute Gasteiger partial charge is 0.317 e. The second kappa shape index (κ2) is 4.74. The average molecular weight is 130 g/mol. The molecule has 1 N–H and O–H groups in total. The summed E-state index contributed by atoms with van der Waals surface area (Å²) in [6, 6.07) is 0. The molecule has 0 aliphatic carbocycles. The predicted molar refractivity (Wildman–Crippen MR) is 38.9 cm³/mol. The third kappa shape index (κ3) is 3.77. The number of nitrogens with zero attached hydrogens (tertiary/aromatic N) is 1. The van der Waals surface area contributed by atoms with Crippen molar-refractivity contribution in [1.29, 1.82) is 0 Å². The third-order valence-electron chi connectivity index (χ3n) is 0.506. The van der Waals surface area contributed by atoms with Crippen molar-refractivity contribution in [2.24, 2.45) is 0 Å². The van der Waals surface area contributed by atoms with Crippen molar-refractivity contribution in [1.82, 2.24) is 9.84 Å². The summed E-state index contributed by atoms with van der Waals surface area (Å²) in [5.41, 5.74) is 2.84. The minimum Gasteiger partial charge on any atom is -0.317 e. The fourth-order valence-electron chi connectivity index (χ4n) is 0.271. The summed E-state index contributed by atoms with van der Waals surface area (Å²) < 4.78 is 1.79. The van der Waals surface area contributed by atoms with Gasteiger partial charge in [0.1, 0.15) is 0 Å². The zero-order valence-electron chi connectivity index (χ0n) is 4.92. The van der Waals surface area contributed by atoms with Crippen molar-refractivity contribution in [2.75, 3.05) is 7.05 Å². The van der Waals surface area contributed by atoms with E-state index in [1.807, 2.05) is 7.05 Å². The Hall–Kier alpha value is -0.410. The van der Waals surface area contributed by atoms with E-state index in [1.54, 1.807) is 16.0 Å². The van der Waals surface area contributed by atoms with E-state index in [0.29, 0.717) is 0 Å². The van der Waals surface area contributed by atoms with Gasteiger partial charge in [0.2, 0.25) is 0 Å². The zero-order valence-corrected chi connectivity index (χ0v) is 5.74. The van der Waals surface area contributed by atoms with Gasteiger partial charge in [-0.15, -0.1) is 0 Å². The Kier molecular flexibility index (Phi) is 4.50. The maximum atomic E-state index is 3.53. The van der Waals surface area contributed by atoms with Crippen molar-refractivity contribution < 1.29 is 0 Å². The summed E-state index contributed by atoms with van der Waals surface area (Å²) in [6.45, 7) is 7.01. The van der Waals surface area contributed by atoms with Gasteiger partial charge in [0.25, 0.3) is 0 Å². The molecule has 0 unspecified atom stereocenters. The maximum absolute atomic E-state index is 3.53. The van der Waals surface area contributed by atoms with Crippen molar-refractivity contribution in [2.45, 2.75) is 0 Å². The van der Waals surface area contributed by atoms with Crippen LogP contribution in [0, 0.1) is 0 Å². The summed E-state index contributed by atoms with van der Waals surface area (Å²) in [6.07, 6.45) is 1.61. The van der Waals surface area contributed by atoms with E-state index in [2.05, 4.69) is 18.6 Å². The summed E-state index contributed by atoms with van der Waals surface area (Å²) in [5.74, 6) is 0. The molecule has 0 amide bonds. The third-order valence-corrected chi connectivity index (χ3v) is 1.08. The van der Waals surface area contributed by atoms with Gasteiger partial charge in [0.15, 0.2) is 0 Å². The quantitative estimate of drug-likeness (QED) is 0.457. The van der Waals surface area contributed by atoms with Crippen LogP contribution in [0.1, 0.15) is 0 Å². The van der Waals surface area contributed by atoms with E-state index in [4.69, 9.17) is 0 Å². The molecule has 0 spiro atoms. The Morgan fingerprint density at radius 2 is 2.25 bits per heavy atom. The molecular formula is C5H10N2S.